The number of amides is 1. The molecule has 0 unspecified atom stereocenters. The molecule has 0 aliphatic rings. The lowest BCUT2D eigenvalue weighted by molar-refractivity contribution is -0.113. The van der Waals surface area contributed by atoms with E-state index in [1.54, 1.807) is 41.9 Å². The number of nitrogens with zero attached hydrogens (tertiary/aromatic N) is 3. The summed E-state index contributed by atoms with van der Waals surface area (Å²) in [7, 11) is 0. The lowest BCUT2D eigenvalue weighted by Crippen LogP contribution is -2.14. The predicted molar refractivity (Wildman–Crippen MR) is 97.3 cm³/mol. The number of thiophene rings is 1. The maximum absolute atomic E-state index is 12.1. The second kappa shape index (κ2) is 7.43. The second-order valence-corrected chi connectivity index (χ2v) is 7.07. The van der Waals surface area contributed by atoms with Crippen LogP contribution < -0.4 is 5.32 Å². The van der Waals surface area contributed by atoms with Gasteiger partial charge in [0.25, 0.3) is 0 Å². The zero-order valence-corrected chi connectivity index (χ0v) is 14.6. The number of hydrogen-bond donors (Lipinski definition) is 1. The van der Waals surface area contributed by atoms with E-state index in [9.17, 15) is 4.79 Å². The van der Waals surface area contributed by atoms with Crippen molar-refractivity contribution < 1.29 is 4.79 Å². The van der Waals surface area contributed by atoms with Crippen molar-refractivity contribution in [3.05, 3.63) is 47.1 Å². The van der Waals surface area contributed by atoms with Gasteiger partial charge in [0, 0.05) is 16.0 Å². The van der Waals surface area contributed by atoms with E-state index in [1.165, 1.54) is 16.6 Å². The molecule has 1 aromatic carbocycles. The zero-order chi connectivity index (χ0) is 16.9. The quantitative estimate of drug-likeness (QED) is 0.556. The lowest BCUT2D eigenvalue weighted by atomic mass is 10.2. The number of nitriles is 1. The number of fused-ring (bicyclic) bond motifs is 1. The SMILES string of the molecule is CCc1cc2c(SCC(=O)Nc3ccc(C#N)cc3)ncnc2s1. The van der Waals surface area contributed by atoms with Gasteiger partial charge in [-0.3, -0.25) is 4.79 Å². The van der Waals surface area contributed by atoms with Gasteiger partial charge in [-0.05, 0) is 36.8 Å². The van der Waals surface area contributed by atoms with E-state index >= 15 is 0 Å². The largest absolute Gasteiger partial charge is 0.325 e. The molecular weight excluding hydrogens is 340 g/mol. The molecule has 24 heavy (non-hydrogen) atoms. The van der Waals surface area contributed by atoms with Crippen LogP contribution in [0, 0.1) is 11.3 Å². The molecule has 2 heterocycles. The van der Waals surface area contributed by atoms with Crippen LogP contribution in [0.25, 0.3) is 10.2 Å². The molecule has 0 radical (unpaired) electrons. The van der Waals surface area contributed by atoms with Crippen molar-refractivity contribution in [3.63, 3.8) is 0 Å². The number of rotatable bonds is 5. The highest BCUT2D eigenvalue weighted by Gasteiger charge is 2.11. The number of hydrogen-bond acceptors (Lipinski definition) is 6. The molecule has 3 rings (SSSR count). The average Bonchev–Trinajstić information content (AvgIpc) is 3.04. The molecule has 7 heteroatoms. The first-order valence-electron chi connectivity index (χ1n) is 7.36. The molecule has 2 aromatic heterocycles. The van der Waals surface area contributed by atoms with Crippen molar-refractivity contribution in [2.24, 2.45) is 0 Å². The summed E-state index contributed by atoms with van der Waals surface area (Å²) in [6.45, 7) is 2.11. The molecule has 5 nitrogen and oxygen atoms in total. The van der Waals surface area contributed by atoms with E-state index in [-0.39, 0.29) is 11.7 Å². The van der Waals surface area contributed by atoms with E-state index in [1.807, 2.05) is 6.07 Å². The fraction of sp³-hybridized carbons (Fsp3) is 0.176. The topological polar surface area (TPSA) is 78.7 Å². The van der Waals surface area contributed by atoms with Crippen molar-refractivity contribution >= 4 is 44.9 Å². The Morgan fingerprint density at radius 1 is 1.33 bits per heavy atom. The summed E-state index contributed by atoms with van der Waals surface area (Å²) in [6.07, 6.45) is 2.50. The van der Waals surface area contributed by atoms with Crippen molar-refractivity contribution in [1.82, 2.24) is 9.97 Å². The lowest BCUT2D eigenvalue weighted by Gasteiger charge is -2.05. The second-order valence-electron chi connectivity index (χ2n) is 4.99. The molecule has 0 saturated carbocycles. The molecule has 0 atom stereocenters. The monoisotopic (exact) mass is 354 g/mol. The molecule has 0 fully saturated rings. The Morgan fingerprint density at radius 3 is 2.83 bits per heavy atom. The molecule has 0 bridgehead atoms. The van der Waals surface area contributed by atoms with E-state index in [2.05, 4.69) is 28.3 Å². The first kappa shape index (κ1) is 16.4. The maximum atomic E-state index is 12.1. The van der Waals surface area contributed by atoms with E-state index in [0.717, 1.165) is 21.7 Å². The molecule has 0 aliphatic carbocycles. The van der Waals surface area contributed by atoms with Crippen LogP contribution in [0.4, 0.5) is 5.69 Å². The third-order valence-electron chi connectivity index (χ3n) is 3.33. The average molecular weight is 354 g/mol. The van der Waals surface area contributed by atoms with Crippen LogP contribution in [-0.2, 0) is 11.2 Å². The third kappa shape index (κ3) is 3.72. The van der Waals surface area contributed by atoms with Crippen LogP contribution in [0.15, 0.2) is 41.7 Å². The highest BCUT2D eigenvalue weighted by atomic mass is 32.2. The molecule has 3 aromatic rings. The predicted octanol–water partition coefficient (Wildman–Crippen LogP) is 3.86. The van der Waals surface area contributed by atoms with Gasteiger partial charge in [-0.1, -0.05) is 18.7 Å². The Morgan fingerprint density at radius 2 is 2.12 bits per heavy atom. The van der Waals surface area contributed by atoms with Gasteiger partial charge in [0.1, 0.15) is 16.2 Å². The van der Waals surface area contributed by atoms with Crippen LogP contribution in [0.1, 0.15) is 17.4 Å². The van der Waals surface area contributed by atoms with Gasteiger partial charge in [0.05, 0.1) is 17.4 Å². The number of aryl methyl sites for hydroxylation is 1. The van der Waals surface area contributed by atoms with Crippen molar-refractivity contribution in [2.75, 3.05) is 11.1 Å². The summed E-state index contributed by atoms with van der Waals surface area (Å²) < 4.78 is 0. The molecule has 120 valence electrons. The van der Waals surface area contributed by atoms with Crippen molar-refractivity contribution in [2.45, 2.75) is 18.4 Å². The van der Waals surface area contributed by atoms with Gasteiger partial charge in [-0.25, -0.2) is 9.97 Å². The number of anilines is 1. The van der Waals surface area contributed by atoms with Crippen molar-refractivity contribution in [3.8, 4) is 6.07 Å². The van der Waals surface area contributed by atoms with Gasteiger partial charge >= 0.3 is 0 Å². The van der Waals surface area contributed by atoms with Gasteiger partial charge in [0.15, 0.2) is 0 Å². The van der Waals surface area contributed by atoms with Crippen LogP contribution in [-0.4, -0.2) is 21.6 Å². The zero-order valence-electron chi connectivity index (χ0n) is 12.9. The minimum Gasteiger partial charge on any atom is -0.325 e. The maximum Gasteiger partial charge on any atom is 0.234 e. The molecule has 0 spiro atoms. The van der Waals surface area contributed by atoms with Gasteiger partial charge < -0.3 is 5.32 Å². The smallest absolute Gasteiger partial charge is 0.234 e. The van der Waals surface area contributed by atoms with Gasteiger partial charge in [-0.2, -0.15) is 5.26 Å². The number of benzene rings is 1. The normalized spacial score (nSPS) is 10.5. The molecular formula is C17H14N4OS2. The minimum absolute atomic E-state index is 0.109. The fourth-order valence-electron chi connectivity index (χ4n) is 2.13. The molecule has 1 amide bonds. The first-order valence-corrected chi connectivity index (χ1v) is 9.16. The molecule has 0 saturated heterocycles. The Labute approximate surface area is 147 Å². The summed E-state index contributed by atoms with van der Waals surface area (Å²) in [5.74, 6) is 0.158. The molecule has 1 N–H and O–H groups in total. The first-order chi connectivity index (χ1) is 11.7. The standard InChI is InChI=1S/C17H14N4OS2/c1-2-13-7-14-16(19-10-20-17(14)24-13)23-9-15(22)21-12-5-3-11(8-18)4-6-12/h3-7,10H,2,9H2,1H3,(H,21,22). The Kier molecular flexibility index (Phi) is 5.08. The van der Waals surface area contributed by atoms with Crippen LogP contribution >= 0.6 is 23.1 Å². The van der Waals surface area contributed by atoms with Gasteiger partial charge in [-0.15, -0.1) is 11.3 Å². The third-order valence-corrected chi connectivity index (χ3v) is 5.52. The Hall–Kier alpha value is -2.43. The number of aromatic nitrogens is 2. The van der Waals surface area contributed by atoms with Gasteiger partial charge in [0.2, 0.25) is 5.91 Å². The number of carbonyl (C=O) groups excluding carboxylic acids is 1. The number of thioether (sulfide) groups is 1. The Balaban J connectivity index is 1.65. The summed E-state index contributed by atoms with van der Waals surface area (Å²) in [6, 6.07) is 10.9. The summed E-state index contributed by atoms with van der Waals surface area (Å²) in [5.41, 5.74) is 1.24. The fourth-order valence-corrected chi connectivity index (χ4v) is 3.90. The minimum atomic E-state index is -0.109. The number of carbonyl (C=O) groups is 1. The van der Waals surface area contributed by atoms with Crippen LogP contribution in [0.2, 0.25) is 0 Å². The van der Waals surface area contributed by atoms with Crippen molar-refractivity contribution in [1.29, 1.82) is 5.26 Å². The molecule has 0 aliphatic heterocycles. The van der Waals surface area contributed by atoms with Crippen LogP contribution in [0.3, 0.4) is 0 Å². The summed E-state index contributed by atoms with van der Waals surface area (Å²) >= 11 is 3.06. The van der Waals surface area contributed by atoms with E-state index < -0.39 is 0 Å². The van der Waals surface area contributed by atoms with E-state index in [4.69, 9.17) is 5.26 Å². The highest BCUT2D eigenvalue weighted by Crippen LogP contribution is 2.30. The summed E-state index contributed by atoms with van der Waals surface area (Å²) in [5, 5.41) is 13.4. The van der Waals surface area contributed by atoms with E-state index in [0.29, 0.717) is 11.3 Å². The summed E-state index contributed by atoms with van der Waals surface area (Å²) in [4.78, 5) is 22.9. The Bertz CT molecular complexity index is 912. The highest BCUT2D eigenvalue weighted by molar-refractivity contribution is 8.00. The van der Waals surface area contributed by atoms with Crippen LogP contribution in [0.5, 0.6) is 0 Å². The number of nitrogens with one attached hydrogen (secondary N) is 1.